The van der Waals surface area contributed by atoms with Gasteiger partial charge in [0.25, 0.3) is 5.91 Å². The van der Waals surface area contributed by atoms with Crippen LogP contribution in [0.4, 0.5) is 0 Å². The van der Waals surface area contributed by atoms with Crippen molar-refractivity contribution in [2.45, 2.75) is 41.6 Å². The highest BCUT2D eigenvalue weighted by Gasteiger charge is 2.48. The van der Waals surface area contributed by atoms with Gasteiger partial charge in [0.2, 0.25) is 0 Å². The molecule has 0 aliphatic carbocycles. The third-order valence-electron chi connectivity index (χ3n) is 5.20. The Morgan fingerprint density at radius 3 is 2.89 bits per heavy atom. The van der Waals surface area contributed by atoms with E-state index in [1.165, 1.54) is 29.3 Å². The lowest BCUT2D eigenvalue weighted by Crippen LogP contribution is -2.56. The maximum atomic E-state index is 12.4. The third kappa shape index (κ3) is 5.62. The summed E-state index contributed by atoms with van der Waals surface area (Å²) in [6.45, 7) is 1.66. The minimum absolute atomic E-state index is 0.160. The van der Waals surface area contributed by atoms with Gasteiger partial charge in [-0.15, -0.1) is 16.4 Å². The average Bonchev–Trinajstić information content (AvgIpc) is 3.50. The summed E-state index contributed by atoms with van der Waals surface area (Å²) in [7, 11) is 1.50. The molecule has 0 saturated carbocycles. The van der Waals surface area contributed by atoms with Gasteiger partial charge in [0.15, 0.2) is 0 Å². The second-order valence-electron chi connectivity index (χ2n) is 7.38. The predicted octanol–water partition coefficient (Wildman–Crippen LogP) is 2.28. The molecule has 1 saturated heterocycles. The number of thioether (sulfide) groups is 1. The zero-order valence-corrected chi connectivity index (χ0v) is 21.7. The van der Waals surface area contributed by atoms with Crippen molar-refractivity contribution in [2.24, 2.45) is 0 Å². The number of amides is 1. The van der Waals surface area contributed by atoms with Gasteiger partial charge in [-0.25, -0.2) is 14.6 Å². The standard InChI is InChI=1S/C20H22Cl2N6O5S2/c1-3-32-17-15(28-6-10(26-27-28)19-25-13(22)8-34-19)16(30)11(7-29)33-20(17)35-12-4-9(21)5-24-14(12)18(31)23-2/h4-6,8,11,15-17,20,29-30H,3,7H2,1-2H3,(H,23,31). The number of nitrogens with zero attached hydrogens (tertiary/aromatic N) is 5. The van der Waals surface area contributed by atoms with Crippen LogP contribution >= 0.6 is 46.3 Å². The van der Waals surface area contributed by atoms with Crippen LogP contribution in [0, 0.1) is 0 Å². The van der Waals surface area contributed by atoms with Crippen molar-refractivity contribution in [2.75, 3.05) is 20.3 Å². The number of ether oxygens (including phenoxy) is 2. The molecule has 0 spiro atoms. The highest BCUT2D eigenvalue weighted by Crippen LogP contribution is 2.41. The Morgan fingerprint density at radius 2 is 2.23 bits per heavy atom. The number of thiazole rings is 1. The molecule has 0 aromatic carbocycles. The predicted molar refractivity (Wildman–Crippen MR) is 131 cm³/mol. The summed E-state index contributed by atoms with van der Waals surface area (Å²) in [5.41, 5.74) is -0.125. The average molecular weight is 561 g/mol. The van der Waals surface area contributed by atoms with E-state index < -0.39 is 42.3 Å². The molecule has 15 heteroatoms. The number of carbonyl (C=O) groups excluding carboxylic acids is 1. The zero-order chi connectivity index (χ0) is 25.1. The normalized spacial score (nSPS) is 24.5. The zero-order valence-electron chi connectivity index (χ0n) is 18.5. The molecule has 3 aromatic rings. The van der Waals surface area contributed by atoms with E-state index in [0.717, 1.165) is 11.8 Å². The number of nitrogens with one attached hydrogen (secondary N) is 1. The molecule has 0 radical (unpaired) electrons. The molecule has 188 valence electrons. The van der Waals surface area contributed by atoms with Crippen molar-refractivity contribution in [3.8, 4) is 10.7 Å². The minimum atomic E-state index is -1.17. The molecule has 11 nitrogen and oxygen atoms in total. The Balaban J connectivity index is 1.71. The van der Waals surface area contributed by atoms with Crippen LogP contribution < -0.4 is 5.32 Å². The summed E-state index contributed by atoms with van der Waals surface area (Å²) in [4.78, 5) is 21.2. The van der Waals surface area contributed by atoms with Crippen molar-refractivity contribution in [1.82, 2.24) is 30.3 Å². The largest absolute Gasteiger partial charge is 0.394 e. The topological polar surface area (TPSA) is 145 Å². The van der Waals surface area contributed by atoms with E-state index >= 15 is 0 Å². The number of rotatable bonds is 8. The molecule has 3 N–H and O–H groups in total. The SMILES string of the molecule is CCOC1C(Sc2cc(Cl)cnc2C(=O)NC)OC(CO)C(O)C1n1cc(-c2nc(Cl)cs2)nn1. The number of aliphatic hydroxyl groups excluding tert-OH is 2. The lowest BCUT2D eigenvalue weighted by atomic mass is 9.97. The van der Waals surface area contributed by atoms with Crippen molar-refractivity contribution < 1.29 is 24.5 Å². The second-order valence-corrected chi connectivity index (χ2v) is 10.2. The van der Waals surface area contributed by atoms with Crippen LogP contribution in [0.2, 0.25) is 10.2 Å². The molecule has 1 fully saturated rings. The van der Waals surface area contributed by atoms with E-state index in [4.69, 9.17) is 32.7 Å². The first-order chi connectivity index (χ1) is 16.9. The smallest absolute Gasteiger partial charge is 0.270 e. The number of pyridine rings is 1. The van der Waals surface area contributed by atoms with Crippen molar-refractivity contribution >= 4 is 52.2 Å². The third-order valence-corrected chi connectivity index (χ3v) is 7.77. The van der Waals surface area contributed by atoms with Crippen LogP contribution in [-0.4, -0.2) is 85.1 Å². The van der Waals surface area contributed by atoms with Gasteiger partial charge < -0.3 is 25.0 Å². The van der Waals surface area contributed by atoms with E-state index in [2.05, 4.69) is 25.6 Å². The van der Waals surface area contributed by atoms with Gasteiger partial charge in [0, 0.05) is 30.1 Å². The molecular weight excluding hydrogens is 539 g/mol. The van der Waals surface area contributed by atoms with Gasteiger partial charge in [0.05, 0.1) is 17.8 Å². The van der Waals surface area contributed by atoms with Crippen LogP contribution in [-0.2, 0) is 9.47 Å². The van der Waals surface area contributed by atoms with Gasteiger partial charge >= 0.3 is 0 Å². The van der Waals surface area contributed by atoms with Crippen LogP contribution in [0.1, 0.15) is 23.5 Å². The number of halogens is 2. The Kier molecular flexibility index (Phi) is 8.60. The van der Waals surface area contributed by atoms with Gasteiger partial charge in [-0.05, 0) is 13.0 Å². The van der Waals surface area contributed by atoms with Crippen LogP contribution in [0.3, 0.4) is 0 Å². The van der Waals surface area contributed by atoms with E-state index in [-0.39, 0.29) is 5.69 Å². The first-order valence-corrected chi connectivity index (χ1v) is 13.0. The van der Waals surface area contributed by atoms with Gasteiger partial charge in [-0.1, -0.05) is 40.2 Å². The Bertz CT molecular complexity index is 1180. The minimum Gasteiger partial charge on any atom is -0.394 e. The van der Waals surface area contributed by atoms with Crippen molar-refractivity contribution in [3.63, 3.8) is 0 Å². The van der Waals surface area contributed by atoms with Crippen LogP contribution in [0.15, 0.2) is 28.7 Å². The van der Waals surface area contributed by atoms with Crippen LogP contribution in [0.25, 0.3) is 10.7 Å². The molecule has 0 bridgehead atoms. The Morgan fingerprint density at radius 1 is 1.43 bits per heavy atom. The van der Waals surface area contributed by atoms with Crippen molar-refractivity contribution in [3.05, 3.63) is 39.7 Å². The summed E-state index contributed by atoms with van der Waals surface area (Å²) in [5.74, 6) is -0.397. The molecule has 1 amide bonds. The van der Waals surface area contributed by atoms with E-state index in [0.29, 0.717) is 32.4 Å². The van der Waals surface area contributed by atoms with Crippen molar-refractivity contribution in [1.29, 1.82) is 0 Å². The quantitative estimate of drug-likeness (QED) is 0.375. The maximum Gasteiger partial charge on any atom is 0.270 e. The lowest BCUT2D eigenvalue weighted by Gasteiger charge is -2.43. The fraction of sp³-hybridized carbons (Fsp3) is 0.450. The molecule has 5 unspecified atom stereocenters. The van der Waals surface area contributed by atoms with E-state index in [1.54, 1.807) is 17.6 Å². The number of hydrogen-bond donors (Lipinski definition) is 3. The van der Waals surface area contributed by atoms with Crippen LogP contribution in [0.5, 0.6) is 0 Å². The fourth-order valence-electron chi connectivity index (χ4n) is 3.64. The Labute approximate surface area is 218 Å². The van der Waals surface area contributed by atoms with E-state index in [1.807, 2.05) is 6.92 Å². The number of hydrogen-bond acceptors (Lipinski definition) is 11. The number of aliphatic hydroxyl groups is 2. The molecule has 3 aromatic heterocycles. The molecule has 1 aliphatic rings. The maximum absolute atomic E-state index is 12.4. The lowest BCUT2D eigenvalue weighted by molar-refractivity contribution is -0.191. The molecular formula is C20H22Cl2N6O5S2. The molecule has 5 atom stereocenters. The molecule has 1 aliphatic heterocycles. The number of aromatic nitrogens is 5. The highest BCUT2D eigenvalue weighted by molar-refractivity contribution is 8.00. The summed E-state index contributed by atoms with van der Waals surface area (Å²) in [6.07, 6.45) is 0.148. The molecule has 35 heavy (non-hydrogen) atoms. The first kappa shape index (κ1) is 26.2. The monoisotopic (exact) mass is 560 g/mol. The summed E-state index contributed by atoms with van der Waals surface area (Å²) < 4.78 is 13.5. The summed E-state index contributed by atoms with van der Waals surface area (Å²) in [5, 5.41) is 34.9. The number of carbonyl (C=O) groups is 1. The molecule has 4 rings (SSSR count). The molecule has 4 heterocycles. The Hall–Kier alpha value is -1.84. The fourth-order valence-corrected chi connectivity index (χ4v) is 6.04. The van der Waals surface area contributed by atoms with Gasteiger partial charge in [-0.3, -0.25) is 4.79 Å². The highest BCUT2D eigenvalue weighted by atomic mass is 35.5. The second kappa shape index (κ2) is 11.5. The summed E-state index contributed by atoms with van der Waals surface area (Å²) in [6, 6.07) is 0.829. The summed E-state index contributed by atoms with van der Waals surface area (Å²) >= 11 is 14.6. The first-order valence-electron chi connectivity index (χ1n) is 10.5. The van der Waals surface area contributed by atoms with Gasteiger partial charge in [-0.2, -0.15) is 0 Å². The van der Waals surface area contributed by atoms with Gasteiger partial charge in [0.1, 0.15) is 51.3 Å². The van der Waals surface area contributed by atoms with E-state index in [9.17, 15) is 15.0 Å².